The fourth-order valence-electron chi connectivity index (χ4n) is 2.97. The molecule has 1 unspecified atom stereocenters. The van der Waals surface area contributed by atoms with E-state index in [-0.39, 0.29) is 0 Å². The molecule has 0 amide bonds. The van der Waals surface area contributed by atoms with Crippen LogP contribution in [0.4, 0.5) is 0 Å². The third kappa shape index (κ3) is 8.38. The van der Waals surface area contributed by atoms with Crippen LogP contribution in [0.25, 0.3) is 0 Å². The Bertz CT molecular complexity index is 650. The van der Waals surface area contributed by atoms with E-state index in [2.05, 4.69) is 57.4 Å². The number of aliphatic hydroxyl groups is 1. The number of H-pyrrole nitrogens is 1. The van der Waals surface area contributed by atoms with E-state index < -0.39 is 6.23 Å². The van der Waals surface area contributed by atoms with Crippen LogP contribution < -0.4 is 5.32 Å². The van der Waals surface area contributed by atoms with Gasteiger partial charge in [-0.25, -0.2) is 4.98 Å². The number of nitrogens with zero attached hydrogens (tertiary/aromatic N) is 2. The number of aliphatic hydroxyl groups excluding tert-OH is 1. The van der Waals surface area contributed by atoms with Crippen LogP contribution in [0.3, 0.4) is 0 Å². The lowest BCUT2D eigenvalue weighted by Gasteiger charge is -2.27. The summed E-state index contributed by atoms with van der Waals surface area (Å²) >= 11 is 0. The molecule has 1 aliphatic rings. The van der Waals surface area contributed by atoms with Gasteiger partial charge in [0, 0.05) is 26.2 Å². The lowest BCUT2D eigenvalue weighted by Crippen LogP contribution is -2.36. The molecule has 0 aliphatic carbocycles. The number of imidazole rings is 1. The minimum Gasteiger partial charge on any atom is -0.373 e. The monoisotopic (exact) mass is 386 g/mol. The van der Waals surface area contributed by atoms with Crippen LogP contribution in [-0.4, -0.2) is 46.2 Å². The van der Waals surface area contributed by atoms with Crippen molar-refractivity contribution in [2.75, 3.05) is 26.2 Å². The van der Waals surface area contributed by atoms with E-state index in [1.807, 2.05) is 27.7 Å². The number of nitrogens with one attached hydrogen (secondary N) is 2. The molecule has 1 aliphatic heterocycles. The lowest BCUT2D eigenvalue weighted by molar-refractivity contribution is 0.129. The van der Waals surface area contributed by atoms with E-state index >= 15 is 0 Å². The maximum atomic E-state index is 9.95. The smallest absolute Gasteiger partial charge is 0.147 e. The van der Waals surface area contributed by atoms with Crippen LogP contribution in [0, 0.1) is 6.92 Å². The van der Waals surface area contributed by atoms with Crippen molar-refractivity contribution in [2.24, 2.45) is 0 Å². The topological polar surface area (TPSA) is 64.2 Å². The van der Waals surface area contributed by atoms with Gasteiger partial charge in [-0.3, -0.25) is 10.2 Å². The fourth-order valence-corrected chi connectivity index (χ4v) is 2.97. The fraction of sp³-hybridized carbons (Fsp3) is 0.522. The Balaban J connectivity index is 0.000000921. The molecule has 5 heteroatoms. The molecule has 0 saturated heterocycles. The van der Waals surface area contributed by atoms with E-state index in [9.17, 15) is 5.11 Å². The van der Waals surface area contributed by atoms with Gasteiger partial charge in [-0.2, -0.15) is 0 Å². The summed E-state index contributed by atoms with van der Waals surface area (Å²) in [5.74, 6) is 0. The molecule has 28 heavy (non-hydrogen) atoms. The zero-order chi connectivity index (χ0) is 20.8. The predicted octanol–water partition coefficient (Wildman–Crippen LogP) is 4.23. The molecule has 0 bridgehead atoms. The minimum absolute atomic E-state index is 0.676. The van der Waals surface area contributed by atoms with Gasteiger partial charge in [-0.05, 0) is 25.3 Å². The van der Waals surface area contributed by atoms with Gasteiger partial charge in [0.2, 0.25) is 0 Å². The number of aryl methyl sites for hydroxylation is 1. The Morgan fingerprint density at radius 2 is 1.89 bits per heavy atom. The molecular weight excluding hydrogens is 348 g/mol. The first kappa shape index (κ1) is 24.1. The quantitative estimate of drug-likeness (QED) is 0.492. The zero-order valence-corrected chi connectivity index (χ0v) is 18.2. The molecule has 1 aromatic heterocycles. The first-order chi connectivity index (χ1) is 13.7. The molecule has 0 radical (unpaired) electrons. The molecule has 3 N–H and O–H groups in total. The van der Waals surface area contributed by atoms with Crippen LogP contribution in [-0.2, 0) is 6.42 Å². The zero-order valence-electron chi connectivity index (χ0n) is 18.2. The molecule has 5 nitrogen and oxygen atoms in total. The molecule has 0 spiro atoms. The van der Waals surface area contributed by atoms with Crippen molar-refractivity contribution in [3.8, 4) is 0 Å². The van der Waals surface area contributed by atoms with E-state index in [0.717, 1.165) is 39.0 Å². The summed E-state index contributed by atoms with van der Waals surface area (Å²) in [6.45, 7) is 13.9. The first-order valence-corrected chi connectivity index (χ1v) is 10.6. The molecule has 156 valence electrons. The van der Waals surface area contributed by atoms with E-state index in [1.165, 1.54) is 16.7 Å². The van der Waals surface area contributed by atoms with Gasteiger partial charge in [0.15, 0.2) is 0 Å². The van der Waals surface area contributed by atoms with Crippen LogP contribution >= 0.6 is 0 Å². The summed E-state index contributed by atoms with van der Waals surface area (Å²) in [5, 5.41) is 13.1. The summed E-state index contributed by atoms with van der Waals surface area (Å²) in [4.78, 5) is 9.23. The summed E-state index contributed by atoms with van der Waals surface area (Å²) < 4.78 is 0. The van der Waals surface area contributed by atoms with Crippen molar-refractivity contribution in [1.82, 2.24) is 20.2 Å². The molecule has 0 saturated carbocycles. The highest BCUT2D eigenvalue weighted by Crippen LogP contribution is 2.16. The second-order valence-corrected chi connectivity index (χ2v) is 6.44. The van der Waals surface area contributed by atoms with Crippen LogP contribution in [0.1, 0.15) is 57.2 Å². The average molecular weight is 387 g/mol. The van der Waals surface area contributed by atoms with Gasteiger partial charge in [-0.1, -0.05) is 69.2 Å². The van der Waals surface area contributed by atoms with Gasteiger partial charge in [0.25, 0.3) is 0 Å². The Hall–Kier alpha value is -1.95. The highest BCUT2D eigenvalue weighted by atomic mass is 16.3. The summed E-state index contributed by atoms with van der Waals surface area (Å²) in [7, 11) is 0. The molecule has 3 rings (SSSR count). The molecular formula is C23H38N4O. The molecule has 0 fully saturated rings. The van der Waals surface area contributed by atoms with Crippen LogP contribution in [0.15, 0.2) is 48.4 Å². The number of hydrogen-bond donors (Lipinski definition) is 3. The van der Waals surface area contributed by atoms with Gasteiger partial charge < -0.3 is 10.1 Å². The Labute approximate surface area is 170 Å². The first-order valence-electron chi connectivity index (χ1n) is 10.6. The second-order valence-electron chi connectivity index (χ2n) is 6.44. The lowest BCUT2D eigenvalue weighted by atomic mass is 9.99. The minimum atomic E-state index is -0.676. The van der Waals surface area contributed by atoms with Crippen molar-refractivity contribution in [1.29, 1.82) is 0 Å². The van der Waals surface area contributed by atoms with Gasteiger partial charge in [0.05, 0.1) is 18.2 Å². The van der Waals surface area contributed by atoms with E-state index in [0.29, 0.717) is 5.69 Å². The van der Waals surface area contributed by atoms with E-state index in [4.69, 9.17) is 0 Å². The second kappa shape index (κ2) is 14.1. The van der Waals surface area contributed by atoms with Crippen molar-refractivity contribution in [3.63, 3.8) is 0 Å². The van der Waals surface area contributed by atoms with Crippen molar-refractivity contribution >= 4 is 0 Å². The normalized spacial score (nSPS) is 14.9. The number of benzene rings is 1. The van der Waals surface area contributed by atoms with Gasteiger partial charge in [0.1, 0.15) is 6.23 Å². The van der Waals surface area contributed by atoms with Gasteiger partial charge >= 0.3 is 0 Å². The Kier molecular flexibility index (Phi) is 12.1. The summed E-state index contributed by atoms with van der Waals surface area (Å²) in [6.07, 6.45) is 7.07. The van der Waals surface area contributed by atoms with Crippen molar-refractivity contribution < 1.29 is 5.11 Å². The highest BCUT2D eigenvalue weighted by Gasteiger charge is 2.13. The number of hydrogen-bond acceptors (Lipinski definition) is 4. The van der Waals surface area contributed by atoms with Crippen LogP contribution in [0.2, 0.25) is 0 Å². The van der Waals surface area contributed by atoms with Crippen molar-refractivity contribution in [3.05, 3.63) is 65.3 Å². The largest absolute Gasteiger partial charge is 0.373 e. The predicted molar refractivity (Wildman–Crippen MR) is 118 cm³/mol. The molecule has 1 atom stereocenters. The SMILES string of the molecule is CC.CC.Cc1ccc(CC2=CCN(CCNC(O)c3cnc[nH]3)CC2)cc1. The highest BCUT2D eigenvalue weighted by molar-refractivity contribution is 5.26. The standard InChI is InChI=1S/C19H26N4O.2C2H6/c1-15-2-4-16(5-3-15)12-17-6-9-23(10-7-17)11-8-21-19(24)18-13-20-14-22-18;2*1-2/h2-6,13-14,19,21,24H,7-12H2,1H3,(H,20,22);2*1-2H3. The Morgan fingerprint density at radius 3 is 2.46 bits per heavy atom. The van der Waals surface area contributed by atoms with Crippen molar-refractivity contribution in [2.45, 2.75) is 53.7 Å². The Morgan fingerprint density at radius 1 is 1.18 bits per heavy atom. The number of rotatable bonds is 7. The maximum Gasteiger partial charge on any atom is 0.147 e. The third-order valence-electron chi connectivity index (χ3n) is 4.52. The number of aromatic nitrogens is 2. The summed E-state index contributed by atoms with van der Waals surface area (Å²) in [6, 6.07) is 8.82. The third-order valence-corrected chi connectivity index (χ3v) is 4.52. The van der Waals surface area contributed by atoms with Gasteiger partial charge in [-0.15, -0.1) is 0 Å². The molecule has 2 heterocycles. The molecule has 2 aromatic rings. The van der Waals surface area contributed by atoms with Crippen LogP contribution in [0.5, 0.6) is 0 Å². The van der Waals surface area contributed by atoms with E-state index in [1.54, 1.807) is 12.5 Å². The number of aromatic amines is 1. The average Bonchev–Trinajstić information content (AvgIpc) is 3.29. The molecule has 1 aromatic carbocycles. The summed E-state index contributed by atoms with van der Waals surface area (Å²) in [5.41, 5.74) is 4.94. The maximum absolute atomic E-state index is 9.95.